The first kappa shape index (κ1) is 18.1. The number of sulfonamides is 1. The molecule has 0 heterocycles. The summed E-state index contributed by atoms with van der Waals surface area (Å²) in [6, 6.07) is 7.54. The van der Waals surface area contributed by atoms with Gasteiger partial charge in [-0.2, -0.15) is 0 Å². The van der Waals surface area contributed by atoms with Gasteiger partial charge in [0.15, 0.2) is 0 Å². The molecule has 2 rings (SSSR count). The Morgan fingerprint density at radius 1 is 1.04 bits per heavy atom. The second-order valence-electron chi connectivity index (χ2n) is 5.00. The zero-order valence-electron chi connectivity index (χ0n) is 12.1. The van der Waals surface area contributed by atoms with Gasteiger partial charge in [-0.15, -0.1) is 0 Å². The molecule has 0 atom stereocenters. The van der Waals surface area contributed by atoms with E-state index in [9.17, 15) is 17.2 Å². The molecule has 23 heavy (non-hydrogen) atoms. The summed E-state index contributed by atoms with van der Waals surface area (Å²) >= 11 is 11.6. The summed E-state index contributed by atoms with van der Waals surface area (Å²) in [5, 5.41) is 0.584. The van der Waals surface area contributed by atoms with Gasteiger partial charge < -0.3 is 0 Å². The van der Waals surface area contributed by atoms with Crippen molar-refractivity contribution in [3.63, 3.8) is 0 Å². The molecule has 0 aromatic heterocycles. The molecule has 0 bridgehead atoms. The van der Waals surface area contributed by atoms with E-state index in [2.05, 4.69) is 0 Å². The van der Waals surface area contributed by atoms with Crippen molar-refractivity contribution in [3.8, 4) is 0 Å². The van der Waals surface area contributed by atoms with Crippen molar-refractivity contribution in [2.75, 3.05) is 7.05 Å². The number of benzene rings is 2. The topological polar surface area (TPSA) is 37.4 Å². The van der Waals surface area contributed by atoms with Gasteiger partial charge in [0.1, 0.15) is 11.6 Å². The molecule has 0 unspecified atom stereocenters. The van der Waals surface area contributed by atoms with Crippen molar-refractivity contribution in [2.45, 2.75) is 12.3 Å². The Morgan fingerprint density at radius 2 is 1.74 bits per heavy atom. The van der Waals surface area contributed by atoms with Gasteiger partial charge >= 0.3 is 0 Å². The predicted octanol–water partition coefficient (Wildman–Crippen LogP) is 4.23. The highest BCUT2D eigenvalue weighted by Gasteiger charge is 2.20. The van der Waals surface area contributed by atoms with Crippen LogP contribution in [0.3, 0.4) is 0 Å². The maximum atomic E-state index is 13.6. The zero-order valence-corrected chi connectivity index (χ0v) is 14.4. The Kier molecular flexibility index (Phi) is 5.62. The lowest BCUT2D eigenvalue weighted by Gasteiger charge is -2.18. The number of halogens is 4. The molecule has 0 aliphatic rings. The van der Waals surface area contributed by atoms with Crippen LogP contribution in [0.25, 0.3) is 0 Å². The lowest BCUT2D eigenvalue weighted by atomic mass is 10.2. The standard InChI is InChI=1S/C15H13Cl2F2NO2S/c1-20(8-11-3-4-12(18)7-15(11)19)23(21,22)9-10-2-5-13(16)14(17)6-10/h2-7H,8-9H2,1H3. The molecule has 0 fully saturated rings. The summed E-state index contributed by atoms with van der Waals surface area (Å²) in [6.45, 7) is -0.199. The van der Waals surface area contributed by atoms with Crippen LogP contribution in [0.1, 0.15) is 11.1 Å². The maximum absolute atomic E-state index is 13.6. The van der Waals surface area contributed by atoms with Crippen molar-refractivity contribution < 1.29 is 17.2 Å². The van der Waals surface area contributed by atoms with E-state index in [0.29, 0.717) is 10.6 Å². The summed E-state index contributed by atoms with van der Waals surface area (Å²) in [4.78, 5) is 0. The fourth-order valence-corrected chi connectivity index (χ4v) is 3.42. The summed E-state index contributed by atoms with van der Waals surface area (Å²) in [5.74, 6) is -1.81. The van der Waals surface area contributed by atoms with Crippen molar-refractivity contribution in [2.24, 2.45) is 0 Å². The minimum atomic E-state index is -3.70. The highest BCUT2D eigenvalue weighted by Crippen LogP contribution is 2.24. The van der Waals surface area contributed by atoms with Gasteiger partial charge in [-0.05, 0) is 23.8 Å². The maximum Gasteiger partial charge on any atom is 0.218 e. The molecular formula is C15H13Cl2F2NO2S. The van der Waals surface area contributed by atoms with Crippen molar-refractivity contribution >= 4 is 33.2 Å². The number of hydrogen-bond acceptors (Lipinski definition) is 2. The highest BCUT2D eigenvalue weighted by molar-refractivity contribution is 7.88. The van der Waals surface area contributed by atoms with Crippen molar-refractivity contribution in [1.82, 2.24) is 4.31 Å². The normalized spacial score (nSPS) is 11.9. The molecule has 3 nitrogen and oxygen atoms in total. The zero-order chi connectivity index (χ0) is 17.2. The van der Waals surface area contributed by atoms with Crippen LogP contribution >= 0.6 is 23.2 Å². The molecular weight excluding hydrogens is 367 g/mol. The van der Waals surface area contributed by atoms with Crippen LogP contribution < -0.4 is 0 Å². The lowest BCUT2D eigenvalue weighted by Crippen LogP contribution is -2.28. The monoisotopic (exact) mass is 379 g/mol. The molecule has 2 aromatic carbocycles. The lowest BCUT2D eigenvalue weighted by molar-refractivity contribution is 0.454. The Labute approximate surface area is 143 Å². The molecule has 8 heteroatoms. The van der Waals surface area contributed by atoms with Crippen LogP contribution in [0.2, 0.25) is 10.0 Å². The summed E-state index contributed by atoms with van der Waals surface area (Å²) in [7, 11) is -2.37. The molecule has 2 aromatic rings. The van der Waals surface area contributed by atoms with Gasteiger partial charge in [0.05, 0.1) is 15.8 Å². The SMILES string of the molecule is CN(Cc1ccc(F)cc1F)S(=O)(=O)Cc1ccc(Cl)c(Cl)c1. The van der Waals surface area contributed by atoms with Crippen molar-refractivity contribution in [1.29, 1.82) is 0 Å². The second kappa shape index (κ2) is 7.13. The van der Waals surface area contributed by atoms with Crippen LogP contribution in [0.4, 0.5) is 8.78 Å². The van der Waals surface area contributed by atoms with E-state index < -0.39 is 21.7 Å². The van der Waals surface area contributed by atoms with Crippen LogP contribution in [0.5, 0.6) is 0 Å². The summed E-state index contributed by atoms with van der Waals surface area (Å²) < 4.78 is 52.2. The average Bonchev–Trinajstić information content (AvgIpc) is 2.45. The van der Waals surface area contributed by atoms with E-state index in [1.54, 1.807) is 6.07 Å². The number of hydrogen-bond donors (Lipinski definition) is 0. The minimum absolute atomic E-state index is 0.0895. The van der Waals surface area contributed by atoms with E-state index >= 15 is 0 Å². The van der Waals surface area contributed by atoms with Crippen molar-refractivity contribution in [3.05, 3.63) is 69.2 Å². The molecule has 0 spiro atoms. The van der Waals surface area contributed by atoms with Gasteiger partial charge in [-0.3, -0.25) is 0 Å². The van der Waals surface area contributed by atoms with E-state index in [1.807, 2.05) is 0 Å². The molecule has 124 valence electrons. The fraction of sp³-hybridized carbons (Fsp3) is 0.200. The number of rotatable bonds is 5. The molecule has 0 aliphatic carbocycles. The molecule has 0 aliphatic heterocycles. The largest absolute Gasteiger partial charge is 0.218 e. The Hall–Kier alpha value is -1.21. The average molecular weight is 380 g/mol. The third-order valence-corrected chi connectivity index (χ3v) is 5.73. The third kappa shape index (κ3) is 4.64. The quantitative estimate of drug-likeness (QED) is 0.779. The first-order valence-corrected chi connectivity index (χ1v) is 8.87. The van der Waals surface area contributed by atoms with Crippen LogP contribution in [0, 0.1) is 11.6 Å². The van der Waals surface area contributed by atoms with E-state index in [-0.39, 0.29) is 22.9 Å². The van der Waals surface area contributed by atoms with Gasteiger partial charge in [0.2, 0.25) is 10.0 Å². The van der Waals surface area contributed by atoms with Crippen LogP contribution in [-0.2, 0) is 22.3 Å². The first-order chi connectivity index (χ1) is 10.7. The third-order valence-electron chi connectivity index (χ3n) is 3.22. The Bertz CT molecular complexity index is 828. The predicted molar refractivity (Wildman–Crippen MR) is 86.9 cm³/mol. The van der Waals surface area contributed by atoms with E-state index in [4.69, 9.17) is 23.2 Å². The summed E-state index contributed by atoms with van der Waals surface area (Å²) in [6.07, 6.45) is 0. The van der Waals surface area contributed by atoms with Crippen LogP contribution in [0.15, 0.2) is 36.4 Å². The van der Waals surface area contributed by atoms with E-state index in [0.717, 1.165) is 16.4 Å². The van der Waals surface area contributed by atoms with Gasteiger partial charge in [0.25, 0.3) is 0 Å². The molecule has 0 saturated carbocycles. The first-order valence-electron chi connectivity index (χ1n) is 6.51. The fourth-order valence-electron chi connectivity index (χ4n) is 1.94. The van der Waals surface area contributed by atoms with E-state index in [1.165, 1.54) is 25.2 Å². The number of nitrogens with zero attached hydrogens (tertiary/aromatic N) is 1. The van der Waals surface area contributed by atoms with Crippen LogP contribution in [-0.4, -0.2) is 19.8 Å². The highest BCUT2D eigenvalue weighted by atomic mass is 35.5. The molecule has 0 amide bonds. The van der Waals surface area contributed by atoms with Gasteiger partial charge in [-0.1, -0.05) is 35.3 Å². The Balaban J connectivity index is 2.16. The molecule has 0 radical (unpaired) electrons. The smallest absolute Gasteiger partial charge is 0.212 e. The molecule has 0 saturated heterocycles. The second-order valence-corrected chi connectivity index (χ2v) is 7.89. The van der Waals surface area contributed by atoms with Gasteiger partial charge in [0, 0.05) is 25.2 Å². The summed E-state index contributed by atoms with van der Waals surface area (Å²) in [5.41, 5.74) is 0.553. The molecule has 0 N–H and O–H groups in total. The Morgan fingerprint density at radius 3 is 2.35 bits per heavy atom. The minimum Gasteiger partial charge on any atom is -0.212 e. The van der Waals surface area contributed by atoms with Gasteiger partial charge in [-0.25, -0.2) is 21.5 Å².